The molecule has 0 fully saturated rings. The van der Waals surface area contributed by atoms with E-state index in [0.29, 0.717) is 5.14 Å². The van der Waals surface area contributed by atoms with Crippen LogP contribution in [0.3, 0.4) is 0 Å². The maximum Gasteiger partial charge on any atom is 0.230 e. The van der Waals surface area contributed by atoms with E-state index in [4.69, 9.17) is 0 Å². The van der Waals surface area contributed by atoms with Gasteiger partial charge in [-0.15, -0.1) is 0 Å². The Kier molecular flexibility index (Phi) is 12.4. The van der Waals surface area contributed by atoms with Gasteiger partial charge in [-0.25, -0.2) is 0 Å². The molecule has 0 heterocycles. The van der Waals surface area contributed by atoms with Crippen molar-refractivity contribution in [1.29, 1.82) is 0 Å². The minimum atomic E-state index is -1.15. The lowest BCUT2D eigenvalue weighted by Gasteiger charge is -2.28. The molecule has 0 aromatic heterocycles. The molecule has 0 spiro atoms. The molecule has 218 valence electrons. The highest BCUT2D eigenvalue weighted by atomic mass is 33.1. The highest BCUT2D eigenvalue weighted by Gasteiger charge is 2.52. The molecule has 0 aliphatic heterocycles. The van der Waals surface area contributed by atoms with E-state index in [-0.39, 0.29) is 0 Å². The predicted octanol–water partition coefficient (Wildman–Crippen LogP) is 12.7. The van der Waals surface area contributed by atoms with E-state index in [2.05, 4.69) is 228 Å². The Bertz CT molecular complexity index is 1450. The first-order chi connectivity index (χ1) is 21.8. The van der Waals surface area contributed by atoms with Gasteiger partial charge in [0.1, 0.15) is 0 Å². The van der Waals surface area contributed by atoms with Crippen molar-refractivity contribution >= 4 is 76.7 Å². The molecule has 6 rings (SSSR count). The van der Waals surface area contributed by atoms with Crippen molar-refractivity contribution in [1.82, 2.24) is 0 Å². The summed E-state index contributed by atoms with van der Waals surface area (Å²) in [7, 11) is -0.671. The molecule has 0 saturated carbocycles. The van der Waals surface area contributed by atoms with Gasteiger partial charge in [0.2, 0.25) is 5.14 Å². The Morgan fingerprint density at radius 1 is 0.318 bits per heavy atom. The Morgan fingerprint density at radius 3 is 0.795 bits per heavy atom. The van der Waals surface area contributed by atoms with Gasteiger partial charge in [0.25, 0.3) is 0 Å². The first-order valence-corrected chi connectivity index (χ1v) is 25.1. The summed E-state index contributed by atoms with van der Waals surface area (Å²) in [4.78, 5) is 5.45. The first-order valence-electron chi connectivity index (χ1n) is 14.4. The fourth-order valence-electron chi connectivity index (χ4n) is 4.62. The van der Waals surface area contributed by atoms with Crippen molar-refractivity contribution in [2.75, 3.05) is 0 Å². The SMILES string of the molecule is c1ccc(S[PH+](Sc2ccccc2)C(P(c2ccccc2)c2ccccc2)[PH+](Sc2ccccc2)Sc2ccccc2)cc1. The molecule has 6 aromatic rings. The third kappa shape index (κ3) is 9.05. The van der Waals surface area contributed by atoms with Gasteiger partial charge in [-0.3, -0.25) is 0 Å². The number of benzene rings is 6. The summed E-state index contributed by atoms with van der Waals surface area (Å²) in [6.07, 6.45) is -2.30. The summed E-state index contributed by atoms with van der Waals surface area (Å²) < 4.78 is 0. The Balaban J connectivity index is 1.55. The van der Waals surface area contributed by atoms with Crippen molar-refractivity contribution in [3.63, 3.8) is 0 Å². The normalized spacial score (nSPS) is 11.5. The van der Waals surface area contributed by atoms with Crippen LogP contribution < -0.4 is 10.6 Å². The monoisotopic (exact) mass is 698 g/mol. The number of rotatable bonds is 13. The lowest BCUT2D eigenvalue weighted by molar-refractivity contribution is 1.47. The van der Waals surface area contributed by atoms with Gasteiger partial charge in [0.05, 0.1) is 45.5 Å². The van der Waals surface area contributed by atoms with Gasteiger partial charge in [0.15, 0.2) is 12.7 Å². The third-order valence-corrected chi connectivity index (χ3v) is 33.1. The van der Waals surface area contributed by atoms with Crippen LogP contribution in [-0.4, -0.2) is 5.14 Å². The van der Waals surface area contributed by atoms with Crippen LogP contribution in [0.4, 0.5) is 0 Å². The second kappa shape index (κ2) is 17.1. The maximum absolute atomic E-state index is 2.38. The average molecular weight is 699 g/mol. The Morgan fingerprint density at radius 2 is 0.545 bits per heavy atom. The van der Waals surface area contributed by atoms with Gasteiger partial charge >= 0.3 is 0 Å². The minimum absolute atomic E-state index is 0.496. The molecule has 0 radical (unpaired) electrons. The van der Waals surface area contributed by atoms with Crippen LogP contribution in [0, 0.1) is 0 Å². The molecule has 7 heteroatoms. The van der Waals surface area contributed by atoms with Crippen molar-refractivity contribution < 1.29 is 0 Å². The zero-order valence-electron chi connectivity index (χ0n) is 24.0. The molecular weight excluding hydrogens is 666 g/mol. The van der Waals surface area contributed by atoms with E-state index in [9.17, 15) is 0 Å². The summed E-state index contributed by atoms with van der Waals surface area (Å²) in [6, 6.07) is 67.1. The molecule has 0 N–H and O–H groups in total. The van der Waals surface area contributed by atoms with E-state index in [1.54, 1.807) is 0 Å². The lowest BCUT2D eigenvalue weighted by Crippen LogP contribution is -2.18. The fraction of sp³-hybridized carbons (Fsp3) is 0.0270. The Labute approximate surface area is 281 Å². The van der Waals surface area contributed by atoms with Gasteiger partial charge in [-0.05, 0) is 59.1 Å². The summed E-state index contributed by atoms with van der Waals surface area (Å²) in [6.45, 7) is 0. The van der Waals surface area contributed by atoms with Gasteiger partial charge < -0.3 is 0 Å². The van der Waals surface area contributed by atoms with Gasteiger partial charge in [0, 0.05) is 27.5 Å². The molecule has 0 aliphatic carbocycles. The Hall–Kier alpha value is -1.99. The fourth-order valence-corrected chi connectivity index (χ4v) is 38.3. The van der Waals surface area contributed by atoms with E-state index >= 15 is 0 Å². The summed E-state index contributed by atoms with van der Waals surface area (Å²) in [5.41, 5.74) is 0. The van der Waals surface area contributed by atoms with Crippen molar-refractivity contribution in [3.05, 3.63) is 182 Å². The maximum atomic E-state index is 2.38. The molecular formula is C37H33P3S4+2. The van der Waals surface area contributed by atoms with Crippen LogP contribution in [0.15, 0.2) is 202 Å². The largest absolute Gasteiger partial charge is 0.230 e. The first kappa shape index (κ1) is 32.0. The van der Waals surface area contributed by atoms with Crippen molar-refractivity contribution in [2.45, 2.75) is 24.7 Å². The number of hydrogen-bond donors (Lipinski definition) is 0. The highest BCUT2D eigenvalue weighted by Crippen LogP contribution is 2.88. The standard InChI is InChI=1S/C37H31P3S4/c1-7-19-31(20-8-1)38(32-21-9-2-10-22-32)37(39(41-33-23-11-3-12-24-33)42-34-25-13-4-14-26-34)40(43-35-27-15-5-16-28-35)44-36-29-17-6-18-30-36/h1-30,37H/p+2. The van der Waals surface area contributed by atoms with Crippen LogP contribution in [0.5, 0.6) is 0 Å². The molecule has 0 atom stereocenters. The van der Waals surface area contributed by atoms with Crippen LogP contribution in [0.2, 0.25) is 0 Å². The van der Waals surface area contributed by atoms with Gasteiger partial charge in [-0.2, -0.15) is 0 Å². The predicted molar refractivity (Wildman–Crippen MR) is 209 cm³/mol. The third-order valence-electron chi connectivity index (χ3n) is 6.62. The summed E-state index contributed by atoms with van der Waals surface area (Å²) in [5, 5.41) is 3.43. The molecule has 0 nitrogen and oxygen atoms in total. The molecule has 0 bridgehead atoms. The van der Waals surface area contributed by atoms with E-state index in [1.807, 2.05) is 0 Å². The highest BCUT2D eigenvalue weighted by molar-refractivity contribution is 8.96. The van der Waals surface area contributed by atoms with Crippen LogP contribution in [0.1, 0.15) is 0 Å². The molecule has 6 aromatic carbocycles. The molecule has 44 heavy (non-hydrogen) atoms. The zero-order chi connectivity index (χ0) is 29.8. The van der Waals surface area contributed by atoms with Crippen LogP contribution in [-0.2, 0) is 0 Å². The average Bonchev–Trinajstić information content (AvgIpc) is 3.09. The topological polar surface area (TPSA) is 0 Å². The minimum Gasteiger partial charge on any atom is -0.0622 e. The summed E-state index contributed by atoms with van der Waals surface area (Å²) >= 11 is 8.55. The van der Waals surface area contributed by atoms with E-state index in [1.165, 1.54) is 30.2 Å². The lowest BCUT2D eigenvalue weighted by atomic mass is 10.4. The van der Waals surface area contributed by atoms with Crippen molar-refractivity contribution in [3.8, 4) is 0 Å². The summed E-state index contributed by atoms with van der Waals surface area (Å²) in [5.74, 6) is 0. The molecule has 0 unspecified atom stereocenters. The van der Waals surface area contributed by atoms with Crippen LogP contribution in [0.25, 0.3) is 0 Å². The van der Waals surface area contributed by atoms with Crippen molar-refractivity contribution in [2.24, 2.45) is 0 Å². The van der Waals surface area contributed by atoms with Gasteiger partial charge in [-0.1, -0.05) is 133 Å². The molecule has 0 saturated heterocycles. The van der Waals surface area contributed by atoms with Crippen LogP contribution >= 0.6 is 66.1 Å². The number of hydrogen-bond acceptors (Lipinski definition) is 4. The zero-order valence-corrected chi connectivity index (χ0v) is 30.1. The molecule has 0 aliphatic rings. The second-order valence-corrected chi connectivity index (χ2v) is 28.0. The molecule has 0 amide bonds. The van der Waals surface area contributed by atoms with E-state index in [0.717, 1.165) is 0 Å². The van der Waals surface area contributed by atoms with E-state index < -0.39 is 20.6 Å². The quantitative estimate of drug-likeness (QED) is 0.110. The smallest absolute Gasteiger partial charge is 0.0622 e. The second-order valence-electron chi connectivity index (χ2n) is 9.74.